The van der Waals surface area contributed by atoms with E-state index in [1.54, 1.807) is 25.3 Å². The third-order valence-corrected chi connectivity index (χ3v) is 3.77. The predicted molar refractivity (Wildman–Crippen MR) is 95.6 cm³/mol. The number of amides is 1. The van der Waals surface area contributed by atoms with Gasteiger partial charge >= 0.3 is 5.88 Å². The van der Waals surface area contributed by atoms with Crippen LogP contribution in [0.15, 0.2) is 65.1 Å². The average Bonchev–Trinajstić information content (AvgIpc) is 3.13. The van der Waals surface area contributed by atoms with E-state index in [0.717, 1.165) is 17.2 Å². The Bertz CT molecular complexity index is 934. The van der Waals surface area contributed by atoms with Crippen molar-refractivity contribution >= 4 is 17.5 Å². The van der Waals surface area contributed by atoms with Crippen LogP contribution in [-0.2, 0) is 6.42 Å². The molecule has 1 aromatic heterocycles. The van der Waals surface area contributed by atoms with Crippen LogP contribution in [-0.4, -0.2) is 17.9 Å². The zero-order chi connectivity index (χ0) is 18.5. The van der Waals surface area contributed by atoms with Crippen molar-refractivity contribution in [2.24, 2.45) is 0 Å². The summed E-state index contributed by atoms with van der Waals surface area (Å²) in [5.74, 6) is -0.457. The van der Waals surface area contributed by atoms with Gasteiger partial charge in [-0.3, -0.25) is 14.9 Å². The molecule has 132 valence electrons. The number of benzene rings is 2. The molecular formula is C19H16N2O5. The maximum absolute atomic E-state index is 12.2. The van der Waals surface area contributed by atoms with Gasteiger partial charge in [0.15, 0.2) is 5.76 Å². The average molecular weight is 352 g/mol. The molecular weight excluding hydrogens is 336 g/mol. The molecule has 0 spiro atoms. The van der Waals surface area contributed by atoms with E-state index in [-0.39, 0.29) is 5.76 Å². The van der Waals surface area contributed by atoms with Crippen molar-refractivity contribution in [2.75, 3.05) is 12.4 Å². The summed E-state index contributed by atoms with van der Waals surface area (Å²) in [6, 6.07) is 17.5. The lowest BCUT2D eigenvalue weighted by Crippen LogP contribution is -2.11. The van der Waals surface area contributed by atoms with Crippen LogP contribution >= 0.6 is 0 Å². The van der Waals surface area contributed by atoms with E-state index in [0.29, 0.717) is 17.9 Å². The van der Waals surface area contributed by atoms with Gasteiger partial charge in [-0.05, 0) is 29.8 Å². The van der Waals surface area contributed by atoms with Gasteiger partial charge in [0, 0.05) is 17.7 Å². The number of carbonyl (C=O) groups excluding carboxylic acids is 1. The number of hydrogen-bond acceptors (Lipinski definition) is 5. The second-order valence-corrected chi connectivity index (χ2v) is 5.54. The molecule has 7 heteroatoms. The van der Waals surface area contributed by atoms with Gasteiger partial charge in [-0.25, -0.2) is 0 Å². The van der Waals surface area contributed by atoms with Crippen LogP contribution < -0.4 is 10.1 Å². The third kappa shape index (κ3) is 3.89. The monoisotopic (exact) mass is 352 g/mol. The first kappa shape index (κ1) is 17.2. The zero-order valence-electron chi connectivity index (χ0n) is 14.0. The van der Waals surface area contributed by atoms with Crippen LogP contribution in [0.3, 0.4) is 0 Å². The first-order chi connectivity index (χ1) is 12.6. The highest BCUT2D eigenvalue weighted by Crippen LogP contribution is 2.26. The fourth-order valence-electron chi connectivity index (χ4n) is 2.55. The van der Waals surface area contributed by atoms with Gasteiger partial charge in [0.05, 0.1) is 13.2 Å². The highest BCUT2D eigenvalue weighted by Gasteiger charge is 2.17. The number of nitro groups is 1. The van der Waals surface area contributed by atoms with Crippen LogP contribution in [0.2, 0.25) is 0 Å². The Kier molecular flexibility index (Phi) is 4.98. The molecule has 0 saturated carbocycles. The van der Waals surface area contributed by atoms with Crippen molar-refractivity contribution < 1.29 is 18.9 Å². The highest BCUT2D eigenvalue weighted by molar-refractivity contribution is 6.02. The lowest BCUT2D eigenvalue weighted by atomic mass is 10.0. The SMILES string of the molecule is COc1ccc(NC(=O)c2ccc([N+](=O)[O-])o2)cc1Cc1ccccc1. The number of nitrogens with one attached hydrogen (secondary N) is 1. The summed E-state index contributed by atoms with van der Waals surface area (Å²) in [6.45, 7) is 0. The molecule has 0 fully saturated rings. The predicted octanol–water partition coefficient (Wildman–Crippen LogP) is 4.04. The van der Waals surface area contributed by atoms with Crippen LogP contribution in [0.5, 0.6) is 5.75 Å². The summed E-state index contributed by atoms with van der Waals surface area (Å²) < 4.78 is 10.3. The first-order valence-corrected chi connectivity index (χ1v) is 7.83. The van der Waals surface area contributed by atoms with E-state index in [1.807, 2.05) is 30.3 Å². The molecule has 1 heterocycles. The molecule has 1 N–H and O–H groups in total. The summed E-state index contributed by atoms with van der Waals surface area (Å²) in [7, 11) is 1.59. The number of hydrogen-bond donors (Lipinski definition) is 1. The molecule has 0 atom stereocenters. The zero-order valence-corrected chi connectivity index (χ0v) is 14.0. The maximum atomic E-state index is 12.2. The lowest BCUT2D eigenvalue weighted by Gasteiger charge is -2.11. The molecule has 3 aromatic rings. The Morgan fingerprint density at radius 1 is 1.15 bits per heavy atom. The highest BCUT2D eigenvalue weighted by atomic mass is 16.6. The number of nitrogens with zero attached hydrogens (tertiary/aromatic N) is 1. The number of ether oxygens (including phenoxy) is 1. The van der Waals surface area contributed by atoms with E-state index in [9.17, 15) is 14.9 Å². The first-order valence-electron chi connectivity index (χ1n) is 7.83. The molecule has 0 aliphatic rings. The van der Waals surface area contributed by atoms with Gasteiger partial charge in [-0.15, -0.1) is 0 Å². The Hall–Kier alpha value is -3.61. The van der Waals surface area contributed by atoms with Crippen molar-refractivity contribution in [1.29, 1.82) is 0 Å². The molecule has 1 amide bonds. The van der Waals surface area contributed by atoms with Crippen LogP contribution in [0.4, 0.5) is 11.6 Å². The van der Waals surface area contributed by atoms with Gasteiger partial charge in [-0.2, -0.15) is 0 Å². The molecule has 0 bridgehead atoms. The number of furan rings is 1. The molecule has 0 saturated heterocycles. The fourth-order valence-corrected chi connectivity index (χ4v) is 2.55. The minimum atomic E-state index is -0.692. The van der Waals surface area contributed by atoms with Crippen molar-refractivity contribution in [2.45, 2.75) is 6.42 Å². The molecule has 0 unspecified atom stereocenters. The number of anilines is 1. The topological polar surface area (TPSA) is 94.6 Å². The van der Waals surface area contributed by atoms with Crippen LogP contribution in [0, 0.1) is 10.1 Å². The minimum absolute atomic E-state index is 0.128. The normalized spacial score (nSPS) is 10.3. The summed E-state index contributed by atoms with van der Waals surface area (Å²) in [4.78, 5) is 22.2. The van der Waals surface area contributed by atoms with Gasteiger partial charge in [0.2, 0.25) is 0 Å². The molecule has 0 aliphatic heterocycles. The Morgan fingerprint density at radius 2 is 1.92 bits per heavy atom. The lowest BCUT2D eigenvalue weighted by molar-refractivity contribution is -0.402. The molecule has 26 heavy (non-hydrogen) atoms. The van der Waals surface area contributed by atoms with E-state index in [2.05, 4.69) is 5.32 Å². The largest absolute Gasteiger partial charge is 0.496 e. The standard InChI is InChI=1S/C19H16N2O5/c1-25-16-8-7-15(12-14(16)11-13-5-3-2-4-6-13)20-19(22)17-9-10-18(26-17)21(23)24/h2-10,12H,11H2,1H3,(H,20,22). The second kappa shape index (κ2) is 7.52. The van der Waals surface area contributed by atoms with Crippen molar-refractivity contribution in [1.82, 2.24) is 0 Å². The Balaban J connectivity index is 1.80. The van der Waals surface area contributed by atoms with Crippen LogP contribution in [0.25, 0.3) is 0 Å². The number of rotatable bonds is 6. The Labute approximate surface area is 149 Å². The maximum Gasteiger partial charge on any atom is 0.433 e. The molecule has 2 aromatic carbocycles. The van der Waals surface area contributed by atoms with Gasteiger partial charge in [0.25, 0.3) is 5.91 Å². The smallest absolute Gasteiger partial charge is 0.433 e. The summed E-state index contributed by atoms with van der Waals surface area (Å²) >= 11 is 0. The Morgan fingerprint density at radius 3 is 2.58 bits per heavy atom. The van der Waals surface area contributed by atoms with Crippen molar-refractivity contribution in [3.05, 3.63) is 87.7 Å². The van der Waals surface area contributed by atoms with E-state index in [1.165, 1.54) is 6.07 Å². The van der Waals surface area contributed by atoms with Gasteiger partial charge in [-0.1, -0.05) is 30.3 Å². The minimum Gasteiger partial charge on any atom is -0.496 e. The van der Waals surface area contributed by atoms with Crippen molar-refractivity contribution in [3.63, 3.8) is 0 Å². The van der Waals surface area contributed by atoms with E-state index < -0.39 is 16.7 Å². The molecule has 0 radical (unpaired) electrons. The molecule has 7 nitrogen and oxygen atoms in total. The summed E-state index contributed by atoms with van der Waals surface area (Å²) in [6.07, 6.45) is 0.639. The third-order valence-electron chi connectivity index (χ3n) is 3.77. The number of carbonyl (C=O) groups is 1. The van der Waals surface area contributed by atoms with Crippen molar-refractivity contribution in [3.8, 4) is 5.75 Å². The summed E-state index contributed by atoms with van der Waals surface area (Å²) in [5.41, 5.74) is 2.55. The second-order valence-electron chi connectivity index (χ2n) is 5.54. The van der Waals surface area contributed by atoms with Crippen LogP contribution in [0.1, 0.15) is 21.7 Å². The molecule has 0 aliphatic carbocycles. The van der Waals surface area contributed by atoms with E-state index in [4.69, 9.17) is 9.15 Å². The van der Waals surface area contributed by atoms with E-state index >= 15 is 0 Å². The molecule has 3 rings (SSSR count). The number of methoxy groups -OCH3 is 1. The fraction of sp³-hybridized carbons (Fsp3) is 0.105. The van der Waals surface area contributed by atoms with Gasteiger partial charge in [0.1, 0.15) is 10.7 Å². The quantitative estimate of drug-likeness (QED) is 0.534. The summed E-state index contributed by atoms with van der Waals surface area (Å²) in [5, 5.41) is 13.3. The van der Waals surface area contributed by atoms with Gasteiger partial charge < -0.3 is 14.5 Å².